The summed E-state index contributed by atoms with van der Waals surface area (Å²) < 4.78 is 10.5. The molecule has 0 aliphatic carbocycles. The number of hydrogen-bond donors (Lipinski definition) is 3. The van der Waals surface area contributed by atoms with Crippen molar-refractivity contribution in [3.63, 3.8) is 0 Å². The summed E-state index contributed by atoms with van der Waals surface area (Å²) in [5, 5.41) is 3.52. The van der Waals surface area contributed by atoms with E-state index in [-0.39, 0.29) is 23.3 Å². The highest BCUT2D eigenvalue weighted by Crippen LogP contribution is 2.27. The zero-order valence-corrected chi connectivity index (χ0v) is 17.2. The average molecular weight is 463 g/mol. The molecule has 148 valence electrons. The highest BCUT2D eigenvalue weighted by Gasteiger charge is 2.09. The van der Waals surface area contributed by atoms with E-state index in [4.69, 9.17) is 56.5 Å². The van der Waals surface area contributed by atoms with Crippen LogP contribution in [0.5, 0.6) is 11.5 Å². The maximum Gasteiger partial charge on any atom is 0.276 e. The maximum atomic E-state index is 11.8. The van der Waals surface area contributed by atoms with Crippen molar-refractivity contribution in [1.82, 2.24) is 16.2 Å². The lowest BCUT2D eigenvalue weighted by molar-refractivity contribution is -0.124. The Balaban J connectivity index is 1.66. The number of hydrazine groups is 1. The number of halogens is 3. The van der Waals surface area contributed by atoms with Gasteiger partial charge in [0.15, 0.2) is 18.3 Å². The Morgan fingerprint density at radius 2 is 1.50 bits per heavy atom. The van der Waals surface area contributed by atoms with Gasteiger partial charge in [0.2, 0.25) is 0 Å². The van der Waals surface area contributed by atoms with Gasteiger partial charge in [-0.05, 0) is 54.7 Å². The lowest BCUT2D eigenvalue weighted by atomic mass is 10.3. The van der Waals surface area contributed by atoms with Crippen LogP contribution < -0.4 is 25.6 Å². The third kappa shape index (κ3) is 7.77. The molecule has 28 heavy (non-hydrogen) atoms. The van der Waals surface area contributed by atoms with Crippen LogP contribution in [0.3, 0.4) is 0 Å². The van der Waals surface area contributed by atoms with Crippen molar-refractivity contribution in [3.8, 4) is 11.5 Å². The monoisotopic (exact) mass is 461 g/mol. The smallest absolute Gasteiger partial charge is 0.276 e. The first-order valence-electron chi connectivity index (χ1n) is 7.68. The molecule has 7 nitrogen and oxygen atoms in total. The number of hydrogen-bond acceptors (Lipinski definition) is 5. The van der Waals surface area contributed by atoms with Crippen molar-refractivity contribution >= 4 is 63.9 Å². The summed E-state index contributed by atoms with van der Waals surface area (Å²) in [6, 6.07) is 11.1. The predicted molar refractivity (Wildman–Crippen MR) is 111 cm³/mol. The Morgan fingerprint density at radius 3 is 2.18 bits per heavy atom. The Morgan fingerprint density at radius 1 is 0.857 bits per heavy atom. The van der Waals surface area contributed by atoms with Gasteiger partial charge < -0.3 is 9.47 Å². The summed E-state index contributed by atoms with van der Waals surface area (Å²) in [7, 11) is 0. The van der Waals surface area contributed by atoms with E-state index in [0.717, 1.165) is 0 Å². The molecule has 0 aliphatic heterocycles. The van der Waals surface area contributed by atoms with Crippen molar-refractivity contribution < 1.29 is 19.1 Å². The Kier molecular flexibility index (Phi) is 8.59. The molecule has 0 radical (unpaired) electrons. The highest BCUT2D eigenvalue weighted by molar-refractivity contribution is 7.80. The molecule has 0 spiro atoms. The van der Waals surface area contributed by atoms with Crippen LogP contribution in [0, 0.1) is 0 Å². The second-order valence-electron chi connectivity index (χ2n) is 5.16. The first kappa shape index (κ1) is 22.0. The number of benzene rings is 2. The summed E-state index contributed by atoms with van der Waals surface area (Å²) >= 11 is 22.4. The van der Waals surface area contributed by atoms with E-state index in [2.05, 4.69) is 16.2 Å². The quantitative estimate of drug-likeness (QED) is 0.451. The molecule has 0 aliphatic rings. The minimum absolute atomic E-state index is 0.109. The molecule has 0 bridgehead atoms. The zero-order valence-electron chi connectivity index (χ0n) is 14.1. The molecule has 0 saturated carbocycles. The maximum absolute atomic E-state index is 11.8. The van der Waals surface area contributed by atoms with E-state index < -0.39 is 11.8 Å². The van der Waals surface area contributed by atoms with Gasteiger partial charge in [0.05, 0.1) is 5.02 Å². The molecule has 0 saturated heterocycles. The molecule has 2 rings (SSSR count). The molecule has 0 aromatic heterocycles. The summed E-state index contributed by atoms with van der Waals surface area (Å²) in [6.07, 6.45) is 0. The average Bonchev–Trinajstić information content (AvgIpc) is 2.65. The van der Waals surface area contributed by atoms with Crippen LogP contribution in [0.1, 0.15) is 0 Å². The Hall–Kier alpha value is -2.26. The van der Waals surface area contributed by atoms with E-state index in [1.165, 1.54) is 12.1 Å². The highest BCUT2D eigenvalue weighted by atomic mass is 35.5. The van der Waals surface area contributed by atoms with Gasteiger partial charge in [-0.2, -0.15) is 0 Å². The summed E-state index contributed by atoms with van der Waals surface area (Å²) in [5.41, 5.74) is 4.65. The molecule has 3 N–H and O–H groups in total. The molecule has 11 heteroatoms. The molecule has 2 aromatic carbocycles. The molecule has 2 aromatic rings. The van der Waals surface area contributed by atoms with Gasteiger partial charge in [-0.1, -0.05) is 34.8 Å². The fourth-order valence-electron chi connectivity index (χ4n) is 1.77. The molecule has 0 unspecified atom stereocenters. The molecule has 0 atom stereocenters. The minimum Gasteiger partial charge on any atom is -0.484 e. The number of carbonyl (C=O) groups is 2. The molecule has 0 heterocycles. The van der Waals surface area contributed by atoms with Crippen molar-refractivity contribution in [2.45, 2.75) is 0 Å². The molecule has 2 amide bonds. The fourth-order valence-corrected chi connectivity index (χ4v) is 2.53. The number of rotatable bonds is 6. The van der Waals surface area contributed by atoms with Gasteiger partial charge in [-0.3, -0.25) is 25.8 Å². The lowest BCUT2D eigenvalue weighted by Gasteiger charge is -2.12. The number of ether oxygens (including phenoxy) is 2. The molecule has 0 fully saturated rings. The summed E-state index contributed by atoms with van der Waals surface area (Å²) in [6.45, 7) is -0.597. The van der Waals surface area contributed by atoms with Crippen molar-refractivity contribution in [2.24, 2.45) is 0 Å². The Bertz CT molecular complexity index is 865. The van der Waals surface area contributed by atoms with Crippen molar-refractivity contribution in [1.29, 1.82) is 0 Å². The largest absolute Gasteiger partial charge is 0.484 e. The van der Waals surface area contributed by atoms with Gasteiger partial charge in [0, 0.05) is 10.0 Å². The Labute approximate surface area is 181 Å². The lowest BCUT2D eigenvalue weighted by Crippen LogP contribution is -2.50. The van der Waals surface area contributed by atoms with Crippen LogP contribution in [0.25, 0.3) is 0 Å². The van der Waals surface area contributed by atoms with Crippen LogP contribution in [-0.4, -0.2) is 30.1 Å². The van der Waals surface area contributed by atoms with E-state index in [1.807, 2.05) is 0 Å². The normalized spacial score (nSPS) is 9.96. The van der Waals surface area contributed by atoms with Crippen molar-refractivity contribution in [3.05, 3.63) is 57.5 Å². The van der Waals surface area contributed by atoms with Crippen LogP contribution in [-0.2, 0) is 9.59 Å². The van der Waals surface area contributed by atoms with Gasteiger partial charge >= 0.3 is 0 Å². The fraction of sp³-hybridized carbons (Fsp3) is 0.118. The number of thiocarbonyl (C=S) groups is 1. The van der Waals surface area contributed by atoms with Crippen molar-refractivity contribution in [2.75, 3.05) is 13.2 Å². The number of carbonyl (C=O) groups excluding carboxylic acids is 2. The van der Waals surface area contributed by atoms with E-state index in [0.29, 0.717) is 21.5 Å². The second kappa shape index (κ2) is 10.9. The topological polar surface area (TPSA) is 88.7 Å². The van der Waals surface area contributed by atoms with E-state index in [1.54, 1.807) is 30.3 Å². The van der Waals surface area contributed by atoms with E-state index in [9.17, 15) is 9.59 Å². The SMILES string of the molecule is O=C(COc1ccc(Cl)cc1Cl)NNC(=S)NC(=O)COc1ccc(Cl)cc1. The van der Waals surface area contributed by atoms with Crippen LogP contribution in [0.4, 0.5) is 0 Å². The third-order valence-corrected chi connectivity index (χ3v) is 3.99. The number of amides is 2. The van der Waals surface area contributed by atoms with E-state index >= 15 is 0 Å². The molecular weight excluding hydrogens is 449 g/mol. The zero-order chi connectivity index (χ0) is 20.5. The second-order valence-corrected chi connectivity index (χ2v) is 6.84. The van der Waals surface area contributed by atoms with Crippen LogP contribution in [0.15, 0.2) is 42.5 Å². The van der Waals surface area contributed by atoms with Gasteiger partial charge in [-0.25, -0.2) is 0 Å². The number of nitrogens with one attached hydrogen (secondary N) is 3. The summed E-state index contributed by atoms with van der Waals surface area (Å²) in [5.74, 6) is -0.271. The predicted octanol–water partition coefficient (Wildman–Crippen LogP) is 3.13. The minimum atomic E-state index is -0.542. The van der Waals surface area contributed by atoms with Gasteiger partial charge in [-0.15, -0.1) is 0 Å². The van der Waals surface area contributed by atoms with Gasteiger partial charge in [0.25, 0.3) is 11.8 Å². The first-order valence-corrected chi connectivity index (χ1v) is 9.22. The van der Waals surface area contributed by atoms with Gasteiger partial charge in [0.1, 0.15) is 11.5 Å². The standard InChI is InChI=1S/C17H14Cl3N3O4S/c18-10-1-4-12(5-2-10)26-8-15(24)21-17(28)23-22-16(25)9-27-14-6-3-11(19)7-13(14)20/h1-7H,8-9H2,(H,22,25)(H2,21,23,24,28). The first-order chi connectivity index (χ1) is 13.3. The third-order valence-electron chi connectivity index (χ3n) is 3.00. The molecular formula is C17H14Cl3N3O4S. The van der Waals surface area contributed by atoms with Crippen LogP contribution in [0.2, 0.25) is 15.1 Å². The summed E-state index contributed by atoms with van der Waals surface area (Å²) in [4.78, 5) is 23.5. The van der Waals surface area contributed by atoms with Crippen LogP contribution >= 0.6 is 47.0 Å².